The summed E-state index contributed by atoms with van der Waals surface area (Å²) in [6.07, 6.45) is 1.73. The summed E-state index contributed by atoms with van der Waals surface area (Å²) in [7, 11) is -2.96. The van der Waals surface area contributed by atoms with Gasteiger partial charge in [0.05, 0.1) is 16.7 Å². The third-order valence-corrected chi connectivity index (χ3v) is 4.90. The fourth-order valence-corrected chi connectivity index (χ4v) is 2.26. The zero-order chi connectivity index (χ0) is 12.9. The molecule has 96 valence electrons. The van der Waals surface area contributed by atoms with Gasteiger partial charge >= 0.3 is 0 Å². The van der Waals surface area contributed by atoms with Crippen molar-refractivity contribution in [2.45, 2.75) is 32.1 Å². The molecule has 0 radical (unpaired) electrons. The molecule has 1 aromatic rings. The summed E-state index contributed by atoms with van der Waals surface area (Å²) < 4.78 is 23.2. The standard InChI is InChI=1S/C12H20N2O2S/c1-10(2)17(15,16)9-8-13-11(3)12-6-4-5-7-14-12/h4-7,10-11,13H,8-9H2,1-3H3. The Kier molecular flexibility index (Phi) is 5.08. The van der Waals surface area contributed by atoms with Gasteiger partial charge in [-0.3, -0.25) is 4.98 Å². The Bertz CT molecular complexity index is 429. The predicted octanol–water partition coefficient (Wildman–Crippen LogP) is 1.56. The second-order valence-electron chi connectivity index (χ2n) is 4.35. The SMILES string of the molecule is CC(NCCS(=O)(=O)C(C)C)c1ccccn1. The van der Waals surface area contributed by atoms with Crippen LogP contribution in [0.25, 0.3) is 0 Å². The van der Waals surface area contributed by atoms with Crippen LogP contribution >= 0.6 is 0 Å². The molecule has 5 heteroatoms. The molecule has 1 rings (SSSR count). The van der Waals surface area contributed by atoms with Crippen LogP contribution in [0, 0.1) is 0 Å². The molecule has 17 heavy (non-hydrogen) atoms. The maximum Gasteiger partial charge on any atom is 0.153 e. The van der Waals surface area contributed by atoms with Crippen LogP contribution in [0.5, 0.6) is 0 Å². The Labute approximate surface area is 103 Å². The first-order valence-corrected chi connectivity index (χ1v) is 7.51. The molecular formula is C12H20N2O2S. The van der Waals surface area contributed by atoms with E-state index >= 15 is 0 Å². The van der Waals surface area contributed by atoms with Gasteiger partial charge in [-0.2, -0.15) is 0 Å². The van der Waals surface area contributed by atoms with Gasteiger partial charge in [0.2, 0.25) is 0 Å². The van der Waals surface area contributed by atoms with Crippen LogP contribution in [0.4, 0.5) is 0 Å². The number of sulfone groups is 1. The summed E-state index contributed by atoms with van der Waals surface area (Å²) in [5.41, 5.74) is 0.925. The molecule has 4 nitrogen and oxygen atoms in total. The third kappa shape index (κ3) is 4.44. The molecule has 0 fully saturated rings. The number of hydrogen-bond donors (Lipinski definition) is 1. The highest BCUT2D eigenvalue weighted by Gasteiger charge is 2.16. The lowest BCUT2D eigenvalue weighted by molar-refractivity contribution is 0.560. The van der Waals surface area contributed by atoms with E-state index < -0.39 is 9.84 Å². The molecule has 0 bridgehead atoms. The van der Waals surface area contributed by atoms with E-state index in [2.05, 4.69) is 10.3 Å². The highest BCUT2D eigenvalue weighted by atomic mass is 32.2. The maximum absolute atomic E-state index is 11.6. The fourth-order valence-electron chi connectivity index (χ4n) is 1.39. The second kappa shape index (κ2) is 6.12. The van der Waals surface area contributed by atoms with Gasteiger partial charge in [-0.1, -0.05) is 6.07 Å². The van der Waals surface area contributed by atoms with Crippen molar-refractivity contribution in [1.29, 1.82) is 0 Å². The summed E-state index contributed by atoms with van der Waals surface area (Å²) in [6, 6.07) is 5.78. The molecule has 1 aromatic heterocycles. The van der Waals surface area contributed by atoms with E-state index in [9.17, 15) is 8.42 Å². The molecule has 0 spiro atoms. The third-order valence-electron chi connectivity index (χ3n) is 2.69. The fraction of sp³-hybridized carbons (Fsp3) is 0.583. The normalized spacial score (nSPS) is 13.9. The molecule has 0 aliphatic heterocycles. The first-order valence-electron chi connectivity index (χ1n) is 5.79. The van der Waals surface area contributed by atoms with Crippen LogP contribution in [0.1, 0.15) is 32.5 Å². The molecule has 1 heterocycles. The first-order chi connectivity index (χ1) is 7.93. The highest BCUT2D eigenvalue weighted by Crippen LogP contribution is 2.07. The molecular weight excluding hydrogens is 236 g/mol. The van der Waals surface area contributed by atoms with E-state index in [1.54, 1.807) is 20.0 Å². The topological polar surface area (TPSA) is 59.1 Å². The lowest BCUT2D eigenvalue weighted by Crippen LogP contribution is -2.29. The summed E-state index contributed by atoms with van der Waals surface area (Å²) in [6.45, 7) is 5.84. The summed E-state index contributed by atoms with van der Waals surface area (Å²) in [5.74, 6) is 0.168. The zero-order valence-electron chi connectivity index (χ0n) is 10.6. The molecule has 0 saturated carbocycles. The average molecular weight is 256 g/mol. The predicted molar refractivity (Wildman–Crippen MR) is 69.6 cm³/mol. The number of hydrogen-bond acceptors (Lipinski definition) is 4. The Hall–Kier alpha value is -0.940. The minimum absolute atomic E-state index is 0.0681. The largest absolute Gasteiger partial charge is 0.308 e. The van der Waals surface area contributed by atoms with Crippen LogP contribution in [0.3, 0.4) is 0 Å². The van der Waals surface area contributed by atoms with Crippen molar-refractivity contribution >= 4 is 9.84 Å². The summed E-state index contributed by atoms with van der Waals surface area (Å²) in [5, 5.41) is 2.86. The molecule has 1 atom stereocenters. The van der Waals surface area contributed by atoms with Crippen LogP contribution < -0.4 is 5.32 Å². The van der Waals surface area contributed by atoms with Gasteiger partial charge < -0.3 is 5.32 Å². The first kappa shape index (κ1) is 14.1. The van der Waals surface area contributed by atoms with Gasteiger partial charge in [-0.25, -0.2) is 8.42 Å². The molecule has 1 unspecified atom stereocenters. The van der Waals surface area contributed by atoms with Crippen LogP contribution in [-0.2, 0) is 9.84 Å². The van der Waals surface area contributed by atoms with Crippen molar-refractivity contribution in [2.75, 3.05) is 12.3 Å². The quantitative estimate of drug-likeness (QED) is 0.839. The lowest BCUT2D eigenvalue weighted by Gasteiger charge is -2.14. The van der Waals surface area contributed by atoms with Gasteiger partial charge in [-0.15, -0.1) is 0 Å². The van der Waals surface area contributed by atoms with Crippen LogP contribution in [0.15, 0.2) is 24.4 Å². The van der Waals surface area contributed by atoms with E-state index in [-0.39, 0.29) is 17.0 Å². The van der Waals surface area contributed by atoms with Crippen molar-refractivity contribution in [3.8, 4) is 0 Å². The zero-order valence-corrected chi connectivity index (χ0v) is 11.4. The van der Waals surface area contributed by atoms with Gasteiger partial charge in [-0.05, 0) is 32.9 Å². The number of rotatable bonds is 6. The number of aromatic nitrogens is 1. The van der Waals surface area contributed by atoms with E-state index in [1.165, 1.54) is 0 Å². The van der Waals surface area contributed by atoms with E-state index in [0.29, 0.717) is 6.54 Å². The van der Waals surface area contributed by atoms with Crippen LogP contribution in [-0.4, -0.2) is 30.9 Å². The van der Waals surface area contributed by atoms with E-state index in [1.807, 2.05) is 25.1 Å². The van der Waals surface area contributed by atoms with E-state index in [4.69, 9.17) is 0 Å². The Morgan fingerprint density at radius 3 is 2.53 bits per heavy atom. The van der Waals surface area contributed by atoms with Crippen molar-refractivity contribution in [1.82, 2.24) is 10.3 Å². The van der Waals surface area contributed by atoms with E-state index in [0.717, 1.165) is 5.69 Å². The molecule has 0 aliphatic carbocycles. The molecule has 0 amide bonds. The lowest BCUT2D eigenvalue weighted by atomic mass is 10.2. The molecule has 0 saturated heterocycles. The Morgan fingerprint density at radius 1 is 1.29 bits per heavy atom. The maximum atomic E-state index is 11.6. The minimum atomic E-state index is -2.96. The number of nitrogens with zero attached hydrogens (tertiary/aromatic N) is 1. The van der Waals surface area contributed by atoms with Gasteiger partial charge in [0.1, 0.15) is 0 Å². The average Bonchev–Trinajstić information content (AvgIpc) is 2.29. The number of nitrogens with one attached hydrogen (secondary N) is 1. The highest BCUT2D eigenvalue weighted by molar-refractivity contribution is 7.92. The second-order valence-corrected chi connectivity index (χ2v) is 7.02. The Morgan fingerprint density at radius 2 is 2.00 bits per heavy atom. The van der Waals surface area contributed by atoms with Crippen molar-refractivity contribution in [3.63, 3.8) is 0 Å². The number of pyridine rings is 1. The van der Waals surface area contributed by atoms with Gasteiger partial charge in [0.15, 0.2) is 9.84 Å². The monoisotopic (exact) mass is 256 g/mol. The van der Waals surface area contributed by atoms with Crippen molar-refractivity contribution in [3.05, 3.63) is 30.1 Å². The molecule has 0 aromatic carbocycles. The van der Waals surface area contributed by atoms with Gasteiger partial charge in [0.25, 0.3) is 0 Å². The van der Waals surface area contributed by atoms with Gasteiger partial charge in [0, 0.05) is 18.8 Å². The van der Waals surface area contributed by atoms with Crippen molar-refractivity contribution < 1.29 is 8.42 Å². The molecule has 0 aliphatic rings. The smallest absolute Gasteiger partial charge is 0.153 e. The molecule has 1 N–H and O–H groups in total. The van der Waals surface area contributed by atoms with Crippen molar-refractivity contribution in [2.24, 2.45) is 0 Å². The van der Waals surface area contributed by atoms with Crippen LogP contribution in [0.2, 0.25) is 0 Å². The summed E-state index contributed by atoms with van der Waals surface area (Å²) in [4.78, 5) is 4.22. The Balaban J connectivity index is 2.43. The summed E-state index contributed by atoms with van der Waals surface area (Å²) >= 11 is 0. The minimum Gasteiger partial charge on any atom is -0.308 e.